The fourth-order valence-corrected chi connectivity index (χ4v) is 7.63. The Morgan fingerprint density at radius 3 is 2.41 bits per heavy atom. The van der Waals surface area contributed by atoms with Gasteiger partial charge in [-0.3, -0.25) is 4.79 Å². The van der Waals surface area contributed by atoms with E-state index in [2.05, 4.69) is 20.2 Å². The van der Waals surface area contributed by atoms with Crippen LogP contribution < -0.4 is 10.1 Å². The van der Waals surface area contributed by atoms with Crippen molar-refractivity contribution in [3.8, 4) is 5.88 Å². The van der Waals surface area contributed by atoms with Crippen LogP contribution in [0.3, 0.4) is 0 Å². The van der Waals surface area contributed by atoms with E-state index in [4.69, 9.17) is 4.74 Å². The number of ether oxygens (including phenoxy) is 1. The molecule has 2 fully saturated rings. The summed E-state index contributed by atoms with van der Waals surface area (Å²) in [7, 11) is -1.57. The molecule has 1 N–H and O–H groups in total. The van der Waals surface area contributed by atoms with Gasteiger partial charge in [-0.2, -0.15) is 4.31 Å². The van der Waals surface area contributed by atoms with Gasteiger partial charge in [-0.25, -0.2) is 18.4 Å². The van der Waals surface area contributed by atoms with Gasteiger partial charge in [-0.15, -0.1) is 0 Å². The van der Waals surface area contributed by atoms with Crippen LogP contribution in [0.2, 0.25) is 0 Å². The lowest BCUT2D eigenvalue weighted by Crippen LogP contribution is -2.47. The molecule has 1 atom stereocenters. The number of nitrogens with one attached hydrogen (secondary N) is 1. The average molecular weight is 572 g/mol. The van der Waals surface area contributed by atoms with E-state index in [0.717, 1.165) is 24.8 Å². The number of thiazole rings is 1. The molecule has 11 heteroatoms. The molecular formula is C28H37N5O4S2. The molecule has 0 spiro atoms. The number of benzene rings is 1. The van der Waals surface area contributed by atoms with Crippen LogP contribution in [-0.4, -0.2) is 72.8 Å². The zero-order valence-electron chi connectivity index (χ0n) is 22.8. The fourth-order valence-electron chi connectivity index (χ4n) is 5.38. The maximum atomic E-state index is 13.6. The second kappa shape index (κ2) is 11.9. The zero-order chi connectivity index (χ0) is 27.6. The minimum absolute atomic E-state index is 0.0151. The molecule has 1 aromatic carbocycles. The van der Waals surface area contributed by atoms with Gasteiger partial charge in [-0.05, 0) is 57.0 Å². The normalized spacial score (nSPS) is 18.6. The SMILES string of the molecule is CC(C)Oc1ccc2nc(NC(=O)C(CC3CCCC3)c3ccc(S(=O)(=O)N4CCN(C)CC4)cc3)sc2n1. The van der Waals surface area contributed by atoms with Gasteiger partial charge in [0.25, 0.3) is 0 Å². The molecule has 210 valence electrons. The second-order valence-electron chi connectivity index (χ2n) is 10.9. The topological polar surface area (TPSA) is 105 Å². The van der Waals surface area contributed by atoms with E-state index >= 15 is 0 Å². The Balaban J connectivity index is 1.35. The van der Waals surface area contributed by atoms with Crippen LogP contribution in [-0.2, 0) is 14.8 Å². The molecule has 0 bridgehead atoms. The lowest BCUT2D eigenvalue weighted by atomic mass is 9.87. The van der Waals surface area contributed by atoms with Crippen molar-refractivity contribution in [2.24, 2.45) is 5.92 Å². The Bertz CT molecular complexity index is 1390. The number of carbonyl (C=O) groups is 1. The number of anilines is 1. The van der Waals surface area contributed by atoms with E-state index in [0.29, 0.717) is 53.5 Å². The summed E-state index contributed by atoms with van der Waals surface area (Å²) >= 11 is 1.32. The summed E-state index contributed by atoms with van der Waals surface area (Å²) in [5.74, 6) is 0.481. The molecular weight excluding hydrogens is 534 g/mol. The number of pyridine rings is 1. The third kappa shape index (κ3) is 6.59. The van der Waals surface area contributed by atoms with E-state index in [-0.39, 0.29) is 16.9 Å². The highest BCUT2D eigenvalue weighted by Crippen LogP contribution is 2.36. The molecule has 0 radical (unpaired) electrons. The Morgan fingerprint density at radius 2 is 1.74 bits per heavy atom. The fraction of sp³-hybridized carbons (Fsp3) is 0.536. The van der Waals surface area contributed by atoms with Gasteiger partial charge in [0.05, 0.1) is 16.9 Å². The molecule has 5 rings (SSSR count). The number of piperazine rings is 1. The van der Waals surface area contributed by atoms with Crippen LogP contribution in [0.4, 0.5) is 5.13 Å². The van der Waals surface area contributed by atoms with Crippen molar-refractivity contribution in [1.82, 2.24) is 19.2 Å². The number of hydrogen-bond acceptors (Lipinski definition) is 8. The summed E-state index contributed by atoms with van der Waals surface area (Å²) in [5.41, 5.74) is 1.53. The number of carbonyl (C=O) groups excluding carboxylic acids is 1. The third-order valence-electron chi connectivity index (χ3n) is 7.56. The molecule has 2 aromatic heterocycles. The molecule has 1 saturated carbocycles. The van der Waals surface area contributed by atoms with Crippen LogP contribution in [0, 0.1) is 5.92 Å². The quantitative estimate of drug-likeness (QED) is 0.396. The van der Waals surface area contributed by atoms with Crippen LogP contribution in [0.5, 0.6) is 5.88 Å². The smallest absolute Gasteiger partial charge is 0.243 e. The average Bonchev–Trinajstić information content (AvgIpc) is 3.56. The summed E-state index contributed by atoms with van der Waals surface area (Å²) in [4.78, 5) is 25.8. The summed E-state index contributed by atoms with van der Waals surface area (Å²) in [6.07, 6.45) is 5.34. The van der Waals surface area contributed by atoms with Crippen molar-refractivity contribution in [1.29, 1.82) is 0 Å². The minimum Gasteiger partial charge on any atom is -0.475 e. The van der Waals surface area contributed by atoms with Gasteiger partial charge in [0.1, 0.15) is 10.3 Å². The van der Waals surface area contributed by atoms with E-state index in [9.17, 15) is 13.2 Å². The zero-order valence-corrected chi connectivity index (χ0v) is 24.4. The standard InChI is InChI=1S/C28H37N5O4S2/c1-19(2)37-25-13-12-24-27(30-25)38-28(29-24)31-26(34)23(18-20-6-4-5-7-20)21-8-10-22(11-9-21)39(35,36)33-16-14-32(3)15-17-33/h8-13,19-20,23H,4-7,14-18H2,1-3H3,(H,29,31,34). The molecule has 1 unspecified atom stereocenters. The monoisotopic (exact) mass is 571 g/mol. The lowest BCUT2D eigenvalue weighted by molar-refractivity contribution is -0.118. The number of nitrogens with zero attached hydrogens (tertiary/aromatic N) is 4. The second-order valence-corrected chi connectivity index (χ2v) is 13.8. The maximum absolute atomic E-state index is 13.6. The highest BCUT2D eigenvalue weighted by molar-refractivity contribution is 7.89. The third-order valence-corrected chi connectivity index (χ3v) is 10.4. The van der Waals surface area contributed by atoms with Crippen molar-refractivity contribution >= 4 is 42.7 Å². The molecule has 1 saturated heterocycles. The first-order chi connectivity index (χ1) is 18.7. The number of sulfonamides is 1. The van der Waals surface area contributed by atoms with Gasteiger partial charge in [0, 0.05) is 32.2 Å². The molecule has 2 aliphatic rings. The van der Waals surface area contributed by atoms with E-state index in [1.165, 1.54) is 24.2 Å². The summed E-state index contributed by atoms with van der Waals surface area (Å²) in [5, 5.41) is 3.52. The van der Waals surface area contributed by atoms with Gasteiger partial charge in [0.2, 0.25) is 21.8 Å². The molecule has 1 aliphatic carbocycles. The van der Waals surface area contributed by atoms with Crippen molar-refractivity contribution in [2.45, 2.75) is 62.9 Å². The highest BCUT2D eigenvalue weighted by Gasteiger charge is 2.30. The maximum Gasteiger partial charge on any atom is 0.243 e. The van der Waals surface area contributed by atoms with E-state index in [1.54, 1.807) is 34.6 Å². The number of fused-ring (bicyclic) bond motifs is 1. The predicted molar refractivity (Wildman–Crippen MR) is 154 cm³/mol. The van der Waals surface area contributed by atoms with Gasteiger partial charge >= 0.3 is 0 Å². The van der Waals surface area contributed by atoms with Crippen molar-refractivity contribution in [3.63, 3.8) is 0 Å². The first-order valence-electron chi connectivity index (χ1n) is 13.7. The minimum atomic E-state index is -3.56. The molecule has 9 nitrogen and oxygen atoms in total. The van der Waals surface area contributed by atoms with Crippen molar-refractivity contribution < 1.29 is 17.9 Å². The Hall–Kier alpha value is -2.60. The van der Waals surface area contributed by atoms with Gasteiger partial charge in [-0.1, -0.05) is 49.2 Å². The van der Waals surface area contributed by atoms with Crippen LogP contribution in [0.1, 0.15) is 57.4 Å². The predicted octanol–water partition coefficient (Wildman–Crippen LogP) is 4.72. The summed E-state index contributed by atoms with van der Waals surface area (Å²) in [6.45, 7) is 6.29. The van der Waals surface area contributed by atoms with E-state index < -0.39 is 15.9 Å². The van der Waals surface area contributed by atoms with Crippen LogP contribution in [0.25, 0.3) is 10.3 Å². The number of amides is 1. The summed E-state index contributed by atoms with van der Waals surface area (Å²) < 4.78 is 33.6. The molecule has 1 aliphatic heterocycles. The first-order valence-corrected chi connectivity index (χ1v) is 16.0. The largest absolute Gasteiger partial charge is 0.475 e. The van der Waals surface area contributed by atoms with Gasteiger partial charge < -0.3 is 15.0 Å². The van der Waals surface area contributed by atoms with Crippen molar-refractivity contribution in [3.05, 3.63) is 42.0 Å². The van der Waals surface area contributed by atoms with Crippen LogP contribution in [0.15, 0.2) is 41.3 Å². The Kier molecular flexibility index (Phi) is 8.51. The number of hydrogen-bond donors (Lipinski definition) is 1. The molecule has 39 heavy (non-hydrogen) atoms. The number of aromatic nitrogens is 2. The molecule has 3 heterocycles. The lowest BCUT2D eigenvalue weighted by Gasteiger charge is -2.31. The molecule has 1 amide bonds. The van der Waals surface area contributed by atoms with Gasteiger partial charge in [0.15, 0.2) is 5.13 Å². The summed E-state index contributed by atoms with van der Waals surface area (Å²) in [6, 6.07) is 10.5. The van der Waals surface area contributed by atoms with Crippen molar-refractivity contribution in [2.75, 3.05) is 38.5 Å². The van der Waals surface area contributed by atoms with Crippen LogP contribution >= 0.6 is 11.3 Å². The Morgan fingerprint density at radius 1 is 1.05 bits per heavy atom. The number of rotatable bonds is 9. The first kappa shape index (κ1) is 27.9. The Labute approximate surface area is 234 Å². The molecule has 3 aromatic rings. The highest BCUT2D eigenvalue weighted by atomic mass is 32.2. The van der Waals surface area contributed by atoms with E-state index in [1.807, 2.05) is 27.0 Å². The number of likely N-dealkylation sites (N-methyl/N-ethyl adjacent to an activating group) is 1.